The highest BCUT2D eigenvalue weighted by Gasteiger charge is 2.33. The smallest absolute Gasteiger partial charge is 0.0221 e. The van der Waals surface area contributed by atoms with Gasteiger partial charge in [0.15, 0.2) is 0 Å². The quantitative estimate of drug-likeness (QED) is 0.780. The van der Waals surface area contributed by atoms with Gasteiger partial charge in [0, 0.05) is 31.2 Å². The van der Waals surface area contributed by atoms with Crippen molar-refractivity contribution >= 4 is 0 Å². The molecule has 2 heteroatoms. The van der Waals surface area contributed by atoms with Crippen LogP contribution in [-0.2, 0) is 0 Å². The topological polar surface area (TPSA) is 15.3 Å². The molecule has 0 spiro atoms. The van der Waals surface area contributed by atoms with Gasteiger partial charge in [-0.2, -0.15) is 0 Å². The lowest BCUT2D eigenvalue weighted by atomic mass is 9.96. The molecule has 3 unspecified atom stereocenters. The first kappa shape index (κ1) is 14.3. The third-order valence-electron chi connectivity index (χ3n) is 4.71. The molecule has 1 saturated heterocycles. The van der Waals surface area contributed by atoms with Crippen LogP contribution >= 0.6 is 0 Å². The lowest BCUT2D eigenvalue weighted by Gasteiger charge is -2.44. The van der Waals surface area contributed by atoms with Gasteiger partial charge in [-0.15, -0.1) is 0 Å². The second kappa shape index (κ2) is 6.38. The molecule has 0 amide bonds. The second-order valence-electron chi connectivity index (χ2n) is 7.02. The normalized spacial score (nSPS) is 31.8. The number of nitrogens with one attached hydrogen (secondary N) is 1. The second-order valence-corrected chi connectivity index (χ2v) is 7.02. The Hall–Kier alpha value is -0.0800. The van der Waals surface area contributed by atoms with Crippen LogP contribution in [0.2, 0.25) is 0 Å². The number of hydrogen-bond acceptors (Lipinski definition) is 2. The largest absolute Gasteiger partial charge is 0.311 e. The zero-order valence-electron chi connectivity index (χ0n) is 12.8. The lowest BCUT2D eigenvalue weighted by Crippen LogP contribution is -2.59. The summed E-state index contributed by atoms with van der Waals surface area (Å²) < 4.78 is 0. The molecule has 1 heterocycles. The molecule has 1 N–H and O–H groups in total. The summed E-state index contributed by atoms with van der Waals surface area (Å²) in [6, 6.07) is 2.27. The van der Waals surface area contributed by atoms with E-state index in [9.17, 15) is 0 Å². The van der Waals surface area contributed by atoms with Gasteiger partial charge in [-0.3, -0.25) is 4.90 Å². The van der Waals surface area contributed by atoms with Crippen molar-refractivity contribution in [3.05, 3.63) is 0 Å². The van der Waals surface area contributed by atoms with E-state index in [4.69, 9.17) is 0 Å². The molecule has 3 atom stereocenters. The minimum absolute atomic E-state index is 0.717. The van der Waals surface area contributed by atoms with E-state index in [1.54, 1.807) is 0 Å². The van der Waals surface area contributed by atoms with Gasteiger partial charge in [-0.1, -0.05) is 33.6 Å². The highest BCUT2D eigenvalue weighted by atomic mass is 15.2. The van der Waals surface area contributed by atoms with E-state index in [0.717, 1.165) is 30.0 Å². The lowest BCUT2D eigenvalue weighted by molar-refractivity contribution is 0.0742. The maximum atomic E-state index is 3.76. The Labute approximate surface area is 114 Å². The Bertz CT molecular complexity index is 247. The fraction of sp³-hybridized carbons (Fsp3) is 1.00. The summed E-state index contributed by atoms with van der Waals surface area (Å²) in [7, 11) is 0. The molecule has 0 bridgehead atoms. The van der Waals surface area contributed by atoms with E-state index < -0.39 is 0 Å². The summed E-state index contributed by atoms with van der Waals surface area (Å²) in [4.78, 5) is 2.81. The number of nitrogens with zero attached hydrogens (tertiary/aromatic N) is 1. The van der Waals surface area contributed by atoms with Crippen molar-refractivity contribution in [1.29, 1.82) is 0 Å². The van der Waals surface area contributed by atoms with Crippen molar-refractivity contribution in [2.75, 3.05) is 13.1 Å². The van der Waals surface area contributed by atoms with Crippen LogP contribution < -0.4 is 5.32 Å². The molecule has 0 aromatic rings. The van der Waals surface area contributed by atoms with Gasteiger partial charge in [0.05, 0.1) is 0 Å². The van der Waals surface area contributed by atoms with Gasteiger partial charge in [0.25, 0.3) is 0 Å². The predicted octanol–water partition coefficient (Wildman–Crippen LogP) is 3.27. The van der Waals surface area contributed by atoms with E-state index in [-0.39, 0.29) is 0 Å². The van der Waals surface area contributed by atoms with Gasteiger partial charge in [-0.25, -0.2) is 0 Å². The van der Waals surface area contributed by atoms with E-state index in [0.29, 0.717) is 0 Å². The Morgan fingerprint density at radius 2 is 1.89 bits per heavy atom. The average Bonchev–Trinajstić information content (AvgIpc) is 3.12. The molecular weight excluding hydrogens is 220 g/mol. The van der Waals surface area contributed by atoms with Crippen molar-refractivity contribution < 1.29 is 0 Å². The zero-order chi connectivity index (χ0) is 13.1. The maximum Gasteiger partial charge on any atom is 0.0221 e. The van der Waals surface area contributed by atoms with Gasteiger partial charge < -0.3 is 5.32 Å². The van der Waals surface area contributed by atoms with Gasteiger partial charge >= 0.3 is 0 Å². The van der Waals surface area contributed by atoms with Crippen molar-refractivity contribution in [3.63, 3.8) is 0 Å². The van der Waals surface area contributed by atoms with Crippen molar-refractivity contribution in [1.82, 2.24) is 10.2 Å². The molecule has 0 aromatic carbocycles. The van der Waals surface area contributed by atoms with Gasteiger partial charge in [-0.05, 0) is 38.0 Å². The minimum Gasteiger partial charge on any atom is -0.311 e. The summed E-state index contributed by atoms with van der Waals surface area (Å²) in [5, 5.41) is 3.76. The Balaban J connectivity index is 1.88. The van der Waals surface area contributed by atoms with Crippen molar-refractivity contribution in [2.45, 2.75) is 77.9 Å². The SMILES string of the molecule is CCC1CNC(CC(C)C)CN1C(C)CC1CC1. The van der Waals surface area contributed by atoms with Crippen LogP contribution in [0.1, 0.15) is 59.8 Å². The summed E-state index contributed by atoms with van der Waals surface area (Å²) >= 11 is 0. The van der Waals surface area contributed by atoms with Crippen LogP contribution in [0.3, 0.4) is 0 Å². The minimum atomic E-state index is 0.717. The van der Waals surface area contributed by atoms with E-state index in [1.807, 2.05) is 0 Å². The van der Waals surface area contributed by atoms with E-state index in [2.05, 4.69) is 37.9 Å². The molecule has 1 saturated carbocycles. The zero-order valence-corrected chi connectivity index (χ0v) is 12.8. The molecule has 1 aliphatic heterocycles. The van der Waals surface area contributed by atoms with Crippen LogP contribution in [0.4, 0.5) is 0 Å². The summed E-state index contributed by atoms with van der Waals surface area (Å²) in [6.45, 7) is 11.9. The molecule has 0 aromatic heterocycles. The summed E-state index contributed by atoms with van der Waals surface area (Å²) in [5.74, 6) is 1.86. The first-order valence-corrected chi connectivity index (χ1v) is 8.09. The molecule has 18 heavy (non-hydrogen) atoms. The molecule has 0 radical (unpaired) electrons. The molecular formula is C16H32N2. The van der Waals surface area contributed by atoms with Crippen molar-refractivity contribution in [2.24, 2.45) is 11.8 Å². The van der Waals surface area contributed by atoms with Gasteiger partial charge in [0.2, 0.25) is 0 Å². The molecule has 2 rings (SSSR count). The van der Waals surface area contributed by atoms with Crippen LogP contribution in [0.5, 0.6) is 0 Å². The monoisotopic (exact) mass is 252 g/mol. The molecule has 2 aliphatic rings. The van der Waals surface area contributed by atoms with Crippen LogP contribution in [0.15, 0.2) is 0 Å². The third-order valence-corrected chi connectivity index (χ3v) is 4.71. The first-order chi connectivity index (χ1) is 8.60. The highest BCUT2D eigenvalue weighted by molar-refractivity contribution is 4.90. The first-order valence-electron chi connectivity index (χ1n) is 8.09. The number of hydrogen-bond donors (Lipinski definition) is 1. The van der Waals surface area contributed by atoms with Crippen molar-refractivity contribution in [3.8, 4) is 0 Å². The Morgan fingerprint density at radius 3 is 2.44 bits per heavy atom. The van der Waals surface area contributed by atoms with E-state index >= 15 is 0 Å². The Morgan fingerprint density at radius 1 is 1.17 bits per heavy atom. The fourth-order valence-corrected chi connectivity index (χ4v) is 3.50. The fourth-order valence-electron chi connectivity index (χ4n) is 3.50. The molecule has 2 nitrogen and oxygen atoms in total. The number of piperazine rings is 1. The summed E-state index contributed by atoms with van der Waals surface area (Å²) in [6.07, 6.45) is 7.02. The average molecular weight is 252 g/mol. The van der Waals surface area contributed by atoms with E-state index in [1.165, 1.54) is 45.2 Å². The summed E-state index contributed by atoms with van der Waals surface area (Å²) in [5.41, 5.74) is 0. The standard InChI is InChI=1S/C16H32N2/c1-5-16-10-17-15(8-12(2)3)11-18(16)13(4)9-14-6-7-14/h12-17H,5-11H2,1-4H3. The molecule has 1 aliphatic carbocycles. The number of rotatable bonds is 6. The third kappa shape index (κ3) is 3.96. The Kier molecular flexibility index (Phi) is 5.08. The highest BCUT2D eigenvalue weighted by Crippen LogP contribution is 2.35. The predicted molar refractivity (Wildman–Crippen MR) is 78.8 cm³/mol. The van der Waals surface area contributed by atoms with Crippen LogP contribution in [0, 0.1) is 11.8 Å². The molecule has 106 valence electrons. The maximum absolute atomic E-state index is 3.76. The molecule has 2 fully saturated rings. The van der Waals surface area contributed by atoms with Gasteiger partial charge in [0.1, 0.15) is 0 Å². The van der Waals surface area contributed by atoms with Crippen LogP contribution in [-0.4, -0.2) is 36.1 Å². The van der Waals surface area contributed by atoms with Crippen LogP contribution in [0.25, 0.3) is 0 Å².